The van der Waals surface area contributed by atoms with Crippen molar-refractivity contribution >= 4 is 11.8 Å². The highest BCUT2D eigenvalue weighted by atomic mass is 16.4. The van der Waals surface area contributed by atoms with Gasteiger partial charge in [0, 0.05) is 6.42 Å². The van der Waals surface area contributed by atoms with Crippen molar-refractivity contribution < 1.29 is 14.7 Å². The van der Waals surface area contributed by atoms with Crippen molar-refractivity contribution in [2.24, 2.45) is 0 Å². The zero-order valence-electron chi connectivity index (χ0n) is 7.54. The van der Waals surface area contributed by atoms with E-state index in [-0.39, 0.29) is 12.2 Å². The molecule has 1 N–H and O–H groups in total. The van der Waals surface area contributed by atoms with Gasteiger partial charge in [0.1, 0.15) is 5.78 Å². The molecular formula is C10H12O3. The molecule has 0 heterocycles. The van der Waals surface area contributed by atoms with Gasteiger partial charge in [0.15, 0.2) is 0 Å². The largest absolute Gasteiger partial charge is 0.478 e. The van der Waals surface area contributed by atoms with Crippen molar-refractivity contribution in [3.63, 3.8) is 0 Å². The van der Waals surface area contributed by atoms with Crippen LogP contribution < -0.4 is 0 Å². The highest BCUT2D eigenvalue weighted by Crippen LogP contribution is 2.22. The Morgan fingerprint density at radius 2 is 2.23 bits per heavy atom. The molecule has 1 rings (SSSR count). The average molecular weight is 180 g/mol. The number of carbonyl (C=O) groups is 2. The van der Waals surface area contributed by atoms with Crippen LogP contribution in [0.15, 0.2) is 23.3 Å². The van der Waals surface area contributed by atoms with E-state index < -0.39 is 5.97 Å². The van der Waals surface area contributed by atoms with E-state index in [1.165, 1.54) is 6.92 Å². The summed E-state index contributed by atoms with van der Waals surface area (Å²) in [5.41, 5.74) is 1.05. The Balaban J connectivity index is 2.91. The maximum atomic E-state index is 10.8. The summed E-state index contributed by atoms with van der Waals surface area (Å²) in [4.78, 5) is 21.6. The summed E-state index contributed by atoms with van der Waals surface area (Å²) in [5, 5.41) is 8.80. The van der Waals surface area contributed by atoms with E-state index in [9.17, 15) is 9.59 Å². The van der Waals surface area contributed by atoms with Crippen molar-refractivity contribution in [1.29, 1.82) is 0 Å². The molecule has 0 spiro atoms. The van der Waals surface area contributed by atoms with Crippen LogP contribution in [0.1, 0.15) is 26.2 Å². The molecule has 0 atom stereocenters. The molecule has 70 valence electrons. The van der Waals surface area contributed by atoms with Crippen LogP contribution in [0.4, 0.5) is 0 Å². The Labute approximate surface area is 76.8 Å². The predicted molar refractivity (Wildman–Crippen MR) is 48.3 cm³/mol. The molecular weight excluding hydrogens is 168 g/mol. The normalized spacial score (nSPS) is 16.1. The van der Waals surface area contributed by atoms with Crippen LogP contribution in [-0.2, 0) is 9.59 Å². The molecule has 3 heteroatoms. The third kappa shape index (κ3) is 2.54. The summed E-state index contributed by atoms with van der Waals surface area (Å²) >= 11 is 0. The van der Waals surface area contributed by atoms with E-state index in [4.69, 9.17) is 5.11 Å². The van der Waals surface area contributed by atoms with Crippen molar-refractivity contribution in [3.8, 4) is 0 Å². The van der Waals surface area contributed by atoms with Gasteiger partial charge in [-0.25, -0.2) is 4.79 Å². The minimum atomic E-state index is -0.938. The number of carboxylic acids is 1. The first kappa shape index (κ1) is 9.71. The Morgan fingerprint density at radius 1 is 1.54 bits per heavy atom. The van der Waals surface area contributed by atoms with Gasteiger partial charge in [-0.15, -0.1) is 0 Å². The number of rotatable bonds is 3. The van der Waals surface area contributed by atoms with Gasteiger partial charge >= 0.3 is 5.97 Å². The maximum absolute atomic E-state index is 10.8. The van der Waals surface area contributed by atoms with Gasteiger partial charge in [0.2, 0.25) is 0 Å². The van der Waals surface area contributed by atoms with Crippen LogP contribution in [0.5, 0.6) is 0 Å². The van der Waals surface area contributed by atoms with E-state index in [0.29, 0.717) is 12.0 Å². The van der Waals surface area contributed by atoms with Crippen LogP contribution in [0, 0.1) is 0 Å². The topological polar surface area (TPSA) is 54.4 Å². The van der Waals surface area contributed by atoms with Gasteiger partial charge in [-0.3, -0.25) is 4.79 Å². The van der Waals surface area contributed by atoms with E-state index in [2.05, 4.69) is 0 Å². The minimum absolute atomic E-state index is 0.0176. The number of hydrogen-bond acceptors (Lipinski definition) is 2. The van der Waals surface area contributed by atoms with Gasteiger partial charge in [0.05, 0.1) is 5.57 Å². The molecule has 0 bridgehead atoms. The second-order valence-corrected chi connectivity index (χ2v) is 3.14. The standard InChI is InChI=1S/C10H12O3/c1-7(11)6-8-4-2-3-5-9(8)10(12)13/h3,5H,2,4,6H2,1H3,(H,12,13). The zero-order chi connectivity index (χ0) is 9.84. The number of allylic oxidation sites excluding steroid dienone is 2. The van der Waals surface area contributed by atoms with E-state index in [1.54, 1.807) is 6.08 Å². The van der Waals surface area contributed by atoms with Crippen LogP contribution in [0.2, 0.25) is 0 Å². The average Bonchev–Trinajstić information content (AvgIpc) is 2.03. The number of carbonyl (C=O) groups excluding carboxylic acids is 1. The number of aliphatic carboxylic acids is 1. The van der Waals surface area contributed by atoms with Crippen molar-refractivity contribution in [1.82, 2.24) is 0 Å². The Bertz CT molecular complexity index is 297. The fourth-order valence-corrected chi connectivity index (χ4v) is 1.42. The van der Waals surface area contributed by atoms with E-state index in [1.807, 2.05) is 6.08 Å². The molecule has 13 heavy (non-hydrogen) atoms. The molecule has 1 aliphatic rings. The lowest BCUT2D eigenvalue weighted by Crippen LogP contribution is -2.07. The van der Waals surface area contributed by atoms with Gasteiger partial charge < -0.3 is 5.11 Å². The monoisotopic (exact) mass is 180 g/mol. The summed E-state index contributed by atoms with van der Waals surface area (Å²) in [6.07, 6.45) is 5.21. The molecule has 0 aromatic heterocycles. The first-order chi connectivity index (χ1) is 6.11. The third-order valence-corrected chi connectivity index (χ3v) is 1.97. The number of carboxylic acid groups (broad SMARTS) is 1. The highest BCUT2D eigenvalue weighted by molar-refractivity contribution is 5.92. The Hall–Kier alpha value is -1.38. The summed E-state index contributed by atoms with van der Waals surface area (Å²) < 4.78 is 0. The van der Waals surface area contributed by atoms with Crippen molar-refractivity contribution in [2.45, 2.75) is 26.2 Å². The van der Waals surface area contributed by atoms with Crippen LogP contribution in [0.25, 0.3) is 0 Å². The quantitative estimate of drug-likeness (QED) is 0.719. The first-order valence-corrected chi connectivity index (χ1v) is 4.22. The smallest absolute Gasteiger partial charge is 0.335 e. The number of hydrogen-bond donors (Lipinski definition) is 1. The molecule has 1 aliphatic carbocycles. The van der Waals surface area contributed by atoms with Crippen molar-refractivity contribution in [3.05, 3.63) is 23.3 Å². The predicted octanol–water partition coefficient (Wildman–Crippen LogP) is 1.70. The molecule has 0 aromatic rings. The van der Waals surface area contributed by atoms with E-state index >= 15 is 0 Å². The fraction of sp³-hybridized carbons (Fsp3) is 0.400. The van der Waals surface area contributed by atoms with Gasteiger partial charge in [0.25, 0.3) is 0 Å². The second-order valence-electron chi connectivity index (χ2n) is 3.14. The Morgan fingerprint density at radius 3 is 2.77 bits per heavy atom. The zero-order valence-corrected chi connectivity index (χ0v) is 7.54. The lowest BCUT2D eigenvalue weighted by Gasteiger charge is -2.11. The summed E-state index contributed by atoms with van der Waals surface area (Å²) in [6, 6.07) is 0. The summed E-state index contributed by atoms with van der Waals surface area (Å²) in [5.74, 6) is -0.920. The highest BCUT2D eigenvalue weighted by Gasteiger charge is 2.15. The molecule has 0 fully saturated rings. The maximum Gasteiger partial charge on any atom is 0.335 e. The molecule has 0 aliphatic heterocycles. The van der Waals surface area contributed by atoms with E-state index in [0.717, 1.165) is 12.0 Å². The number of Topliss-reactive ketones (excluding diaryl/α,β-unsaturated/α-hetero) is 1. The number of ketones is 1. The summed E-state index contributed by atoms with van der Waals surface area (Å²) in [7, 11) is 0. The third-order valence-electron chi connectivity index (χ3n) is 1.97. The summed E-state index contributed by atoms with van der Waals surface area (Å²) in [6.45, 7) is 1.48. The molecule has 0 saturated heterocycles. The molecule has 0 unspecified atom stereocenters. The minimum Gasteiger partial charge on any atom is -0.478 e. The van der Waals surface area contributed by atoms with Crippen LogP contribution in [-0.4, -0.2) is 16.9 Å². The Kier molecular flexibility index (Phi) is 3.01. The van der Waals surface area contributed by atoms with Crippen LogP contribution >= 0.6 is 0 Å². The van der Waals surface area contributed by atoms with Crippen LogP contribution in [0.3, 0.4) is 0 Å². The van der Waals surface area contributed by atoms with Gasteiger partial charge in [-0.2, -0.15) is 0 Å². The van der Waals surface area contributed by atoms with Crippen molar-refractivity contribution in [2.75, 3.05) is 0 Å². The second kappa shape index (κ2) is 4.03. The lowest BCUT2D eigenvalue weighted by molar-refractivity contribution is -0.132. The van der Waals surface area contributed by atoms with Gasteiger partial charge in [-0.1, -0.05) is 12.2 Å². The molecule has 0 saturated carbocycles. The lowest BCUT2D eigenvalue weighted by atomic mass is 9.94. The molecule has 3 nitrogen and oxygen atoms in total. The molecule has 0 aromatic carbocycles. The first-order valence-electron chi connectivity index (χ1n) is 4.22. The van der Waals surface area contributed by atoms with Gasteiger partial charge in [-0.05, 0) is 25.3 Å². The fourth-order valence-electron chi connectivity index (χ4n) is 1.42. The SMILES string of the molecule is CC(=O)CC1=C(C(=O)O)C=CCC1. The molecule has 0 radical (unpaired) electrons. The molecule has 0 amide bonds.